The van der Waals surface area contributed by atoms with Crippen LogP contribution in [0.3, 0.4) is 0 Å². The highest BCUT2D eigenvalue weighted by Crippen LogP contribution is 2.22. The quantitative estimate of drug-likeness (QED) is 0.838. The molecule has 0 aliphatic carbocycles. The van der Waals surface area contributed by atoms with Gasteiger partial charge in [-0.15, -0.1) is 11.6 Å². The first-order chi connectivity index (χ1) is 9.04. The molecule has 2 rings (SSSR count). The number of hydrogen-bond donors (Lipinski definition) is 1. The minimum Gasteiger partial charge on any atom is -0.476 e. The summed E-state index contributed by atoms with van der Waals surface area (Å²) >= 11 is 5.57. The Balaban J connectivity index is 2.18. The lowest BCUT2D eigenvalue weighted by atomic mass is 10.0. The van der Waals surface area contributed by atoms with E-state index in [1.807, 2.05) is 0 Å². The molecule has 0 aromatic carbocycles. The van der Waals surface area contributed by atoms with Crippen LogP contribution in [0.15, 0.2) is 0 Å². The number of aromatic nitrogens is 2. The van der Waals surface area contributed by atoms with Crippen molar-refractivity contribution in [1.82, 2.24) is 14.7 Å². The molecule has 104 valence electrons. The standard InChI is InChI=1S/C12H16ClN3O3/c1-15-9-4-6-16(10(17)3-2-5-13)7-8(9)11(14-15)12(18)19/h2-7H2,1H3,(H,18,19). The third-order valence-corrected chi connectivity index (χ3v) is 3.59. The number of alkyl halides is 1. The van der Waals surface area contributed by atoms with Gasteiger partial charge in [0.2, 0.25) is 5.91 Å². The molecule has 1 aliphatic rings. The van der Waals surface area contributed by atoms with Crippen molar-refractivity contribution in [2.24, 2.45) is 7.05 Å². The summed E-state index contributed by atoms with van der Waals surface area (Å²) in [6.45, 7) is 0.929. The molecule has 1 aliphatic heterocycles. The van der Waals surface area contributed by atoms with Gasteiger partial charge in [-0.25, -0.2) is 4.79 Å². The first-order valence-electron chi connectivity index (χ1n) is 6.16. The lowest BCUT2D eigenvalue weighted by molar-refractivity contribution is -0.132. The van der Waals surface area contributed by atoms with Gasteiger partial charge in [-0.2, -0.15) is 5.10 Å². The summed E-state index contributed by atoms with van der Waals surface area (Å²) in [5.41, 5.74) is 1.60. The van der Waals surface area contributed by atoms with Crippen LogP contribution >= 0.6 is 11.6 Å². The van der Waals surface area contributed by atoms with E-state index in [0.717, 1.165) is 5.69 Å². The molecule has 0 spiro atoms. The smallest absolute Gasteiger partial charge is 0.356 e. The molecule has 7 heteroatoms. The molecule has 1 amide bonds. The van der Waals surface area contributed by atoms with Crippen LogP contribution in [0.1, 0.15) is 34.6 Å². The Morgan fingerprint density at radius 1 is 1.47 bits per heavy atom. The summed E-state index contributed by atoms with van der Waals surface area (Å²) in [6.07, 6.45) is 1.68. The second-order valence-corrected chi connectivity index (χ2v) is 4.94. The predicted octanol–water partition coefficient (Wildman–Crippen LogP) is 1.02. The van der Waals surface area contributed by atoms with Crippen LogP contribution in [0.4, 0.5) is 0 Å². The maximum absolute atomic E-state index is 11.9. The van der Waals surface area contributed by atoms with E-state index in [4.69, 9.17) is 16.7 Å². The van der Waals surface area contributed by atoms with Crippen LogP contribution in [-0.4, -0.2) is 44.1 Å². The van der Waals surface area contributed by atoms with Gasteiger partial charge >= 0.3 is 5.97 Å². The van der Waals surface area contributed by atoms with Gasteiger partial charge in [0.25, 0.3) is 0 Å². The number of hydrogen-bond acceptors (Lipinski definition) is 3. The van der Waals surface area contributed by atoms with Gasteiger partial charge in [0.05, 0.1) is 0 Å². The maximum atomic E-state index is 11.9. The molecule has 2 heterocycles. The Morgan fingerprint density at radius 2 is 2.21 bits per heavy atom. The lowest BCUT2D eigenvalue weighted by Crippen LogP contribution is -2.36. The van der Waals surface area contributed by atoms with Gasteiger partial charge in [0.1, 0.15) is 0 Å². The van der Waals surface area contributed by atoms with Gasteiger partial charge in [-0.3, -0.25) is 9.48 Å². The van der Waals surface area contributed by atoms with E-state index in [-0.39, 0.29) is 11.6 Å². The SMILES string of the molecule is Cn1nc(C(=O)O)c2c1CCN(C(=O)CCCCl)C2. The van der Waals surface area contributed by atoms with Crippen molar-refractivity contribution in [3.8, 4) is 0 Å². The molecule has 0 saturated heterocycles. The van der Waals surface area contributed by atoms with Gasteiger partial charge in [0.15, 0.2) is 5.69 Å². The van der Waals surface area contributed by atoms with Crippen LogP contribution in [0.25, 0.3) is 0 Å². The van der Waals surface area contributed by atoms with Crippen molar-refractivity contribution in [3.63, 3.8) is 0 Å². The normalized spacial score (nSPS) is 14.3. The fourth-order valence-corrected chi connectivity index (χ4v) is 2.49. The molecule has 1 N–H and O–H groups in total. The number of carbonyl (C=O) groups excluding carboxylic acids is 1. The largest absolute Gasteiger partial charge is 0.476 e. The number of carbonyl (C=O) groups is 2. The maximum Gasteiger partial charge on any atom is 0.356 e. The van der Waals surface area contributed by atoms with Crippen molar-refractivity contribution in [1.29, 1.82) is 0 Å². The number of fused-ring (bicyclic) bond motifs is 1. The minimum absolute atomic E-state index is 0.0199. The van der Waals surface area contributed by atoms with E-state index >= 15 is 0 Å². The summed E-state index contributed by atoms with van der Waals surface area (Å²) in [7, 11) is 1.73. The fourth-order valence-electron chi connectivity index (χ4n) is 2.35. The van der Waals surface area contributed by atoms with Gasteiger partial charge in [-0.1, -0.05) is 0 Å². The summed E-state index contributed by atoms with van der Waals surface area (Å²) in [4.78, 5) is 24.8. The topological polar surface area (TPSA) is 75.4 Å². The number of aryl methyl sites for hydroxylation is 1. The van der Waals surface area contributed by atoms with E-state index in [0.29, 0.717) is 43.8 Å². The molecule has 0 saturated carbocycles. The number of nitrogens with zero attached hydrogens (tertiary/aromatic N) is 3. The molecular weight excluding hydrogens is 270 g/mol. The first kappa shape index (κ1) is 13.9. The molecule has 0 fully saturated rings. The number of aromatic carboxylic acids is 1. The number of carboxylic acid groups (broad SMARTS) is 1. The van der Waals surface area contributed by atoms with E-state index in [1.54, 1.807) is 16.6 Å². The molecule has 6 nitrogen and oxygen atoms in total. The zero-order chi connectivity index (χ0) is 14.0. The second kappa shape index (κ2) is 5.61. The number of rotatable bonds is 4. The molecule has 0 atom stereocenters. The monoisotopic (exact) mass is 285 g/mol. The summed E-state index contributed by atoms with van der Waals surface area (Å²) in [5, 5.41) is 13.1. The predicted molar refractivity (Wildman–Crippen MR) is 69.2 cm³/mol. The first-order valence-corrected chi connectivity index (χ1v) is 6.69. The Labute approximate surface area is 115 Å². The van der Waals surface area contributed by atoms with E-state index < -0.39 is 5.97 Å². The minimum atomic E-state index is -1.05. The summed E-state index contributed by atoms with van der Waals surface area (Å²) in [5.74, 6) is -0.573. The Bertz CT molecular complexity index is 513. The second-order valence-electron chi connectivity index (χ2n) is 4.56. The average Bonchev–Trinajstić information content (AvgIpc) is 2.73. The average molecular weight is 286 g/mol. The Hall–Kier alpha value is -1.56. The van der Waals surface area contributed by atoms with Crippen molar-refractivity contribution in [3.05, 3.63) is 17.0 Å². The summed E-state index contributed by atoms with van der Waals surface area (Å²) in [6, 6.07) is 0. The zero-order valence-electron chi connectivity index (χ0n) is 10.7. The fraction of sp³-hybridized carbons (Fsp3) is 0.583. The highest BCUT2D eigenvalue weighted by atomic mass is 35.5. The molecule has 0 radical (unpaired) electrons. The Kier molecular flexibility index (Phi) is 4.09. The zero-order valence-corrected chi connectivity index (χ0v) is 11.5. The van der Waals surface area contributed by atoms with Crippen molar-refractivity contribution in [2.45, 2.75) is 25.8 Å². The van der Waals surface area contributed by atoms with Gasteiger partial charge < -0.3 is 10.0 Å². The highest BCUT2D eigenvalue weighted by molar-refractivity contribution is 6.17. The van der Waals surface area contributed by atoms with Gasteiger partial charge in [0, 0.05) is 50.1 Å². The third kappa shape index (κ3) is 2.73. The molecule has 0 unspecified atom stereocenters. The van der Waals surface area contributed by atoms with Crippen LogP contribution in [0, 0.1) is 0 Å². The summed E-state index contributed by atoms with van der Waals surface area (Å²) < 4.78 is 1.60. The van der Waals surface area contributed by atoms with Crippen LogP contribution in [0.5, 0.6) is 0 Å². The molecule has 1 aromatic rings. The van der Waals surface area contributed by atoms with Crippen molar-refractivity contribution >= 4 is 23.5 Å². The van der Waals surface area contributed by atoms with E-state index in [2.05, 4.69) is 5.10 Å². The van der Waals surface area contributed by atoms with E-state index in [9.17, 15) is 9.59 Å². The molecule has 19 heavy (non-hydrogen) atoms. The molecule has 1 aromatic heterocycles. The molecule has 0 bridgehead atoms. The van der Waals surface area contributed by atoms with Crippen LogP contribution in [0.2, 0.25) is 0 Å². The van der Waals surface area contributed by atoms with Crippen LogP contribution in [-0.2, 0) is 24.8 Å². The number of amides is 1. The molecular formula is C12H16ClN3O3. The van der Waals surface area contributed by atoms with Gasteiger partial charge in [-0.05, 0) is 6.42 Å². The number of halogens is 1. The van der Waals surface area contributed by atoms with Crippen LogP contribution < -0.4 is 0 Å². The van der Waals surface area contributed by atoms with Crippen molar-refractivity contribution in [2.75, 3.05) is 12.4 Å². The van der Waals surface area contributed by atoms with Crippen molar-refractivity contribution < 1.29 is 14.7 Å². The lowest BCUT2D eigenvalue weighted by Gasteiger charge is -2.27. The third-order valence-electron chi connectivity index (χ3n) is 3.32. The number of carboxylic acids is 1. The highest BCUT2D eigenvalue weighted by Gasteiger charge is 2.28. The van der Waals surface area contributed by atoms with E-state index in [1.165, 1.54) is 0 Å². The Morgan fingerprint density at radius 3 is 2.84 bits per heavy atom.